The fraction of sp³-hybridized carbons (Fsp3) is 0.500. The lowest BCUT2D eigenvalue weighted by molar-refractivity contribution is -0.188. The second-order valence-corrected chi connectivity index (χ2v) is 6.05. The van der Waals surface area contributed by atoms with Gasteiger partial charge < -0.3 is 24.3 Å². The molecule has 0 aliphatic carbocycles. The Balaban J connectivity index is 3.07. The molecule has 0 saturated carbocycles. The van der Waals surface area contributed by atoms with E-state index in [2.05, 4.69) is 10.3 Å². The lowest BCUT2D eigenvalue weighted by Gasteiger charge is -2.34. The van der Waals surface area contributed by atoms with Crippen molar-refractivity contribution in [1.82, 2.24) is 10.3 Å². The average Bonchev–Trinajstić information content (AvgIpc) is 2.61. The number of amides is 1. The first-order valence-electron chi connectivity index (χ1n) is 8.38. The van der Waals surface area contributed by atoms with Gasteiger partial charge in [0.1, 0.15) is 18.8 Å². The number of carbonyl (C=O) groups excluding carboxylic acids is 4. The molecule has 1 aromatic heterocycles. The molecule has 1 heterocycles. The first-order valence-corrected chi connectivity index (χ1v) is 8.38. The maximum Gasteiger partial charge on any atom is 0.305 e. The molecule has 0 saturated heterocycles. The molecule has 0 radical (unpaired) electrons. The van der Waals surface area contributed by atoms with E-state index in [0.29, 0.717) is 5.56 Å². The molecule has 28 heavy (non-hydrogen) atoms. The Labute approximate surface area is 162 Å². The number of pyridine rings is 1. The number of ether oxygens (including phenoxy) is 4. The second kappa shape index (κ2) is 11.0. The molecule has 154 valence electrons. The van der Waals surface area contributed by atoms with E-state index < -0.39 is 35.6 Å². The van der Waals surface area contributed by atoms with Gasteiger partial charge in [0.15, 0.2) is 0 Å². The summed E-state index contributed by atoms with van der Waals surface area (Å²) in [4.78, 5) is 49.5. The Morgan fingerprint density at radius 2 is 1.46 bits per heavy atom. The van der Waals surface area contributed by atoms with Crippen LogP contribution < -0.4 is 5.32 Å². The van der Waals surface area contributed by atoms with Crippen LogP contribution in [0.15, 0.2) is 24.5 Å². The zero-order valence-electron chi connectivity index (χ0n) is 16.2. The molecule has 1 atom stereocenters. The highest BCUT2D eigenvalue weighted by atomic mass is 16.7. The lowest BCUT2D eigenvalue weighted by Crippen LogP contribution is -2.58. The second-order valence-electron chi connectivity index (χ2n) is 6.05. The standard InChI is InChI=1S/C18H24N2O8/c1-12(21)20-18(9-25-13(2)22,10-26-14(3)23)11-27-17(28-15(4)24)16-5-7-19-8-6-16/h5-8,17H,9-11H2,1-4H3,(H,20,21). The van der Waals surface area contributed by atoms with Crippen LogP contribution >= 0.6 is 0 Å². The zero-order chi connectivity index (χ0) is 21.2. The SMILES string of the molecule is CC(=O)NC(COC(C)=O)(COC(C)=O)COC(OC(C)=O)c1ccncc1. The van der Waals surface area contributed by atoms with Gasteiger partial charge >= 0.3 is 17.9 Å². The quantitative estimate of drug-likeness (QED) is 0.344. The highest BCUT2D eigenvalue weighted by Gasteiger charge is 2.36. The summed E-state index contributed by atoms with van der Waals surface area (Å²) in [5, 5.41) is 2.59. The number of esters is 3. The molecule has 1 amide bonds. The van der Waals surface area contributed by atoms with E-state index in [4.69, 9.17) is 18.9 Å². The summed E-state index contributed by atoms with van der Waals surface area (Å²) >= 11 is 0. The van der Waals surface area contributed by atoms with Crippen LogP contribution in [0, 0.1) is 0 Å². The molecule has 1 rings (SSSR count). The van der Waals surface area contributed by atoms with Crippen LogP contribution in [-0.4, -0.2) is 54.2 Å². The van der Waals surface area contributed by atoms with E-state index in [-0.39, 0.29) is 19.8 Å². The van der Waals surface area contributed by atoms with E-state index in [0.717, 1.165) is 0 Å². The minimum atomic E-state index is -1.38. The van der Waals surface area contributed by atoms with Crippen molar-refractivity contribution < 1.29 is 38.1 Å². The van der Waals surface area contributed by atoms with Crippen LogP contribution in [0.25, 0.3) is 0 Å². The first-order chi connectivity index (χ1) is 13.1. The van der Waals surface area contributed by atoms with Gasteiger partial charge in [0.2, 0.25) is 12.2 Å². The van der Waals surface area contributed by atoms with Gasteiger partial charge in [-0.2, -0.15) is 0 Å². The molecular weight excluding hydrogens is 372 g/mol. The summed E-state index contributed by atoms with van der Waals surface area (Å²) in [6, 6.07) is 3.18. The third-order valence-electron chi connectivity index (χ3n) is 3.31. The van der Waals surface area contributed by atoms with Crippen molar-refractivity contribution in [2.24, 2.45) is 0 Å². The summed E-state index contributed by atoms with van der Waals surface area (Å²) in [6.07, 6.45) is 1.88. The molecule has 10 heteroatoms. The largest absolute Gasteiger partial charge is 0.463 e. The number of carbonyl (C=O) groups is 4. The van der Waals surface area contributed by atoms with Gasteiger partial charge in [-0.25, -0.2) is 0 Å². The molecule has 0 aliphatic rings. The third-order valence-corrected chi connectivity index (χ3v) is 3.31. The van der Waals surface area contributed by atoms with Gasteiger partial charge in [-0.3, -0.25) is 24.2 Å². The maximum absolute atomic E-state index is 11.7. The normalized spacial score (nSPS) is 11.9. The lowest BCUT2D eigenvalue weighted by atomic mass is 10.0. The van der Waals surface area contributed by atoms with Crippen LogP contribution in [0.2, 0.25) is 0 Å². The van der Waals surface area contributed by atoms with Crippen LogP contribution in [0.3, 0.4) is 0 Å². The molecule has 1 unspecified atom stereocenters. The Hall–Kier alpha value is -3.01. The number of rotatable bonds is 10. The Kier molecular flexibility index (Phi) is 9.03. The fourth-order valence-corrected chi connectivity index (χ4v) is 2.19. The minimum absolute atomic E-state index is 0.284. The summed E-state index contributed by atoms with van der Waals surface area (Å²) in [6.45, 7) is 3.94. The molecule has 0 aromatic carbocycles. The number of hydrogen-bond acceptors (Lipinski definition) is 9. The van der Waals surface area contributed by atoms with Gasteiger partial charge in [-0.05, 0) is 12.1 Å². The number of nitrogens with zero attached hydrogens (tertiary/aromatic N) is 1. The van der Waals surface area contributed by atoms with Gasteiger partial charge in [0.05, 0.1) is 6.61 Å². The Bertz CT molecular complexity index is 674. The molecule has 0 fully saturated rings. The number of aromatic nitrogens is 1. The monoisotopic (exact) mass is 396 g/mol. The van der Waals surface area contributed by atoms with Gasteiger partial charge in [0.25, 0.3) is 0 Å². The summed E-state index contributed by atoms with van der Waals surface area (Å²) in [5.74, 6) is -2.24. The Morgan fingerprint density at radius 1 is 0.929 bits per heavy atom. The van der Waals surface area contributed by atoms with Crippen molar-refractivity contribution in [2.45, 2.75) is 39.5 Å². The maximum atomic E-state index is 11.7. The smallest absolute Gasteiger partial charge is 0.305 e. The van der Waals surface area contributed by atoms with Gasteiger partial charge in [-0.1, -0.05) is 0 Å². The van der Waals surface area contributed by atoms with Gasteiger partial charge in [-0.15, -0.1) is 0 Å². The summed E-state index contributed by atoms with van der Waals surface area (Å²) in [7, 11) is 0. The van der Waals surface area contributed by atoms with Crippen LogP contribution in [0.4, 0.5) is 0 Å². The predicted octanol–water partition coefficient (Wildman–Crippen LogP) is 0.661. The highest BCUT2D eigenvalue weighted by Crippen LogP contribution is 2.21. The zero-order valence-corrected chi connectivity index (χ0v) is 16.2. The molecule has 0 spiro atoms. The molecule has 10 nitrogen and oxygen atoms in total. The minimum Gasteiger partial charge on any atom is -0.463 e. The summed E-state index contributed by atoms with van der Waals surface area (Å²) < 4.78 is 20.9. The molecule has 1 N–H and O–H groups in total. The van der Waals surface area contributed by atoms with Crippen molar-refractivity contribution in [2.75, 3.05) is 19.8 Å². The van der Waals surface area contributed by atoms with Crippen molar-refractivity contribution >= 4 is 23.8 Å². The van der Waals surface area contributed by atoms with Crippen LogP contribution in [0.1, 0.15) is 39.5 Å². The van der Waals surface area contributed by atoms with Crippen LogP contribution in [0.5, 0.6) is 0 Å². The third kappa shape index (κ3) is 8.58. The number of nitrogens with one attached hydrogen (secondary N) is 1. The molecule has 0 bridgehead atoms. The van der Waals surface area contributed by atoms with Crippen molar-refractivity contribution in [3.05, 3.63) is 30.1 Å². The van der Waals surface area contributed by atoms with Gasteiger partial charge in [0, 0.05) is 45.7 Å². The molecular formula is C18H24N2O8. The van der Waals surface area contributed by atoms with Crippen molar-refractivity contribution in [3.8, 4) is 0 Å². The molecule has 0 aliphatic heterocycles. The average molecular weight is 396 g/mol. The first kappa shape index (κ1) is 23.0. The van der Waals surface area contributed by atoms with Crippen molar-refractivity contribution in [3.63, 3.8) is 0 Å². The topological polar surface area (TPSA) is 130 Å². The molecule has 1 aromatic rings. The van der Waals surface area contributed by atoms with E-state index in [1.54, 1.807) is 12.1 Å². The summed E-state index contributed by atoms with van der Waals surface area (Å²) in [5.41, 5.74) is -0.879. The van der Waals surface area contributed by atoms with Crippen LogP contribution in [-0.2, 0) is 38.1 Å². The van der Waals surface area contributed by atoms with E-state index in [1.165, 1.54) is 40.1 Å². The predicted molar refractivity (Wildman–Crippen MR) is 94.5 cm³/mol. The fourth-order valence-electron chi connectivity index (χ4n) is 2.19. The van der Waals surface area contributed by atoms with E-state index in [1.807, 2.05) is 0 Å². The van der Waals surface area contributed by atoms with Crippen molar-refractivity contribution in [1.29, 1.82) is 0 Å². The number of hydrogen-bond donors (Lipinski definition) is 1. The van der Waals surface area contributed by atoms with E-state index >= 15 is 0 Å². The van der Waals surface area contributed by atoms with E-state index in [9.17, 15) is 19.2 Å². The Morgan fingerprint density at radius 3 is 1.89 bits per heavy atom. The highest BCUT2D eigenvalue weighted by molar-refractivity contribution is 5.74.